The summed E-state index contributed by atoms with van der Waals surface area (Å²) < 4.78 is 0. The Kier molecular flexibility index (Phi) is 4.36. The number of amides is 2. The first-order valence-electron chi connectivity index (χ1n) is 5.89. The molecule has 2 N–H and O–H groups in total. The van der Waals surface area contributed by atoms with Gasteiger partial charge in [-0.2, -0.15) is 0 Å². The molecule has 2 aromatic rings. The van der Waals surface area contributed by atoms with E-state index in [4.69, 9.17) is 11.6 Å². The molecule has 1 heterocycles. The monoisotopic (exact) mass is 275 g/mol. The van der Waals surface area contributed by atoms with Gasteiger partial charge in [0.1, 0.15) is 0 Å². The van der Waals surface area contributed by atoms with Crippen molar-refractivity contribution < 1.29 is 4.79 Å². The summed E-state index contributed by atoms with van der Waals surface area (Å²) in [5, 5.41) is 6.20. The molecule has 0 saturated heterocycles. The number of hydrogen-bond donors (Lipinski definition) is 2. The van der Waals surface area contributed by atoms with Gasteiger partial charge in [0.2, 0.25) is 0 Å². The van der Waals surface area contributed by atoms with Crippen LogP contribution in [0.15, 0.2) is 48.8 Å². The fourth-order valence-corrected chi connectivity index (χ4v) is 2.00. The highest BCUT2D eigenvalue weighted by molar-refractivity contribution is 6.31. The molecule has 1 aromatic heterocycles. The fourth-order valence-electron chi connectivity index (χ4n) is 1.70. The van der Waals surface area contributed by atoms with Gasteiger partial charge in [0.25, 0.3) is 0 Å². The van der Waals surface area contributed by atoms with E-state index >= 15 is 0 Å². The van der Waals surface area contributed by atoms with E-state index in [1.807, 2.05) is 25.1 Å². The number of urea groups is 1. The summed E-state index contributed by atoms with van der Waals surface area (Å²) in [5.41, 5.74) is 1.58. The number of carbonyl (C=O) groups is 1. The van der Waals surface area contributed by atoms with Crippen molar-refractivity contribution in [3.05, 3.63) is 59.4 Å². The standard InChI is InChI=1S/C14H14ClN3O/c1-10(12-4-2-3-5-13(12)15)17-14(19)18-11-6-8-16-9-7-11/h2-10H,1H3,(H2,16,17,18,19)/t10-/m1/s1. The number of carbonyl (C=O) groups excluding carboxylic acids is 1. The fraction of sp³-hybridized carbons (Fsp3) is 0.143. The second-order valence-corrected chi connectivity index (χ2v) is 4.48. The Hall–Kier alpha value is -2.07. The summed E-state index contributed by atoms with van der Waals surface area (Å²) in [7, 11) is 0. The van der Waals surface area contributed by atoms with Crippen molar-refractivity contribution in [3.63, 3.8) is 0 Å². The van der Waals surface area contributed by atoms with Gasteiger partial charge in [-0.1, -0.05) is 29.8 Å². The van der Waals surface area contributed by atoms with Gasteiger partial charge in [0.15, 0.2) is 0 Å². The van der Waals surface area contributed by atoms with Crippen LogP contribution in [0, 0.1) is 0 Å². The Balaban J connectivity index is 1.98. The molecule has 5 heteroatoms. The summed E-state index contributed by atoms with van der Waals surface area (Å²) in [6.07, 6.45) is 3.24. The maximum Gasteiger partial charge on any atom is 0.319 e. The van der Waals surface area contributed by atoms with E-state index in [2.05, 4.69) is 15.6 Å². The van der Waals surface area contributed by atoms with Gasteiger partial charge >= 0.3 is 6.03 Å². The maximum absolute atomic E-state index is 11.8. The number of anilines is 1. The number of nitrogens with zero attached hydrogens (tertiary/aromatic N) is 1. The summed E-state index contributed by atoms with van der Waals surface area (Å²) in [5.74, 6) is 0. The lowest BCUT2D eigenvalue weighted by atomic mass is 10.1. The van der Waals surface area contributed by atoms with E-state index in [-0.39, 0.29) is 12.1 Å². The van der Waals surface area contributed by atoms with Crippen LogP contribution >= 0.6 is 11.6 Å². The van der Waals surface area contributed by atoms with Gasteiger partial charge in [-0.25, -0.2) is 4.79 Å². The zero-order valence-corrected chi connectivity index (χ0v) is 11.2. The molecule has 0 radical (unpaired) electrons. The van der Waals surface area contributed by atoms with E-state index in [0.717, 1.165) is 5.56 Å². The molecule has 0 fully saturated rings. The third-order valence-corrected chi connectivity index (χ3v) is 3.00. The zero-order valence-electron chi connectivity index (χ0n) is 10.4. The lowest BCUT2D eigenvalue weighted by Crippen LogP contribution is -2.31. The molecule has 1 aromatic carbocycles. The van der Waals surface area contributed by atoms with Crippen LogP contribution in [-0.4, -0.2) is 11.0 Å². The van der Waals surface area contributed by atoms with Gasteiger partial charge in [-0.05, 0) is 30.7 Å². The molecule has 2 amide bonds. The first-order chi connectivity index (χ1) is 9.16. The van der Waals surface area contributed by atoms with E-state index < -0.39 is 0 Å². The molecule has 0 bridgehead atoms. The topological polar surface area (TPSA) is 54.0 Å². The third kappa shape index (κ3) is 3.69. The van der Waals surface area contributed by atoms with Crippen molar-refractivity contribution in [2.75, 3.05) is 5.32 Å². The number of pyridine rings is 1. The quantitative estimate of drug-likeness (QED) is 0.899. The summed E-state index contributed by atoms with van der Waals surface area (Å²) in [6, 6.07) is 10.4. The SMILES string of the molecule is C[C@@H](NC(=O)Nc1ccncc1)c1ccccc1Cl. The Labute approximate surface area is 116 Å². The van der Waals surface area contributed by atoms with Crippen molar-refractivity contribution in [3.8, 4) is 0 Å². The molecule has 0 saturated carbocycles. The second kappa shape index (κ2) is 6.20. The van der Waals surface area contributed by atoms with Crippen molar-refractivity contribution in [1.29, 1.82) is 0 Å². The zero-order chi connectivity index (χ0) is 13.7. The first-order valence-corrected chi connectivity index (χ1v) is 6.26. The Morgan fingerprint density at radius 1 is 1.21 bits per heavy atom. The van der Waals surface area contributed by atoms with Gasteiger partial charge in [-0.15, -0.1) is 0 Å². The lowest BCUT2D eigenvalue weighted by Gasteiger charge is -2.16. The minimum atomic E-state index is -0.279. The minimum absolute atomic E-state index is 0.171. The molecule has 4 nitrogen and oxygen atoms in total. The summed E-state index contributed by atoms with van der Waals surface area (Å²) >= 11 is 6.08. The smallest absolute Gasteiger partial charge is 0.319 e. The third-order valence-electron chi connectivity index (χ3n) is 2.66. The molecule has 19 heavy (non-hydrogen) atoms. The largest absolute Gasteiger partial charge is 0.331 e. The van der Waals surface area contributed by atoms with Crippen molar-refractivity contribution in [1.82, 2.24) is 10.3 Å². The molecule has 0 aliphatic carbocycles. The van der Waals surface area contributed by atoms with Crippen LogP contribution < -0.4 is 10.6 Å². The van der Waals surface area contributed by atoms with Crippen LogP contribution in [0.1, 0.15) is 18.5 Å². The number of rotatable bonds is 3. The van der Waals surface area contributed by atoms with Gasteiger partial charge in [-0.3, -0.25) is 4.98 Å². The van der Waals surface area contributed by atoms with Gasteiger partial charge in [0, 0.05) is 23.1 Å². The van der Waals surface area contributed by atoms with Crippen LogP contribution in [0.2, 0.25) is 5.02 Å². The highest BCUT2D eigenvalue weighted by atomic mass is 35.5. The predicted molar refractivity (Wildman–Crippen MR) is 76.3 cm³/mol. The molecular formula is C14H14ClN3O. The highest BCUT2D eigenvalue weighted by Crippen LogP contribution is 2.22. The molecule has 1 atom stereocenters. The average Bonchev–Trinajstić information content (AvgIpc) is 2.40. The van der Waals surface area contributed by atoms with Crippen LogP contribution in [0.5, 0.6) is 0 Å². The molecule has 0 unspecified atom stereocenters. The van der Waals surface area contributed by atoms with Crippen LogP contribution in [-0.2, 0) is 0 Å². The van der Waals surface area contributed by atoms with Crippen molar-refractivity contribution >= 4 is 23.3 Å². The number of aromatic nitrogens is 1. The van der Waals surface area contributed by atoms with Crippen LogP contribution in [0.4, 0.5) is 10.5 Å². The lowest BCUT2D eigenvalue weighted by molar-refractivity contribution is 0.249. The number of hydrogen-bond acceptors (Lipinski definition) is 2. The Bertz CT molecular complexity index is 560. The Morgan fingerprint density at radius 3 is 2.58 bits per heavy atom. The van der Waals surface area contributed by atoms with Gasteiger partial charge in [0.05, 0.1) is 6.04 Å². The van der Waals surface area contributed by atoms with E-state index in [1.54, 1.807) is 30.6 Å². The summed E-state index contributed by atoms with van der Waals surface area (Å²) in [6.45, 7) is 1.88. The first kappa shape index (κ1) is 13.4. The van der Waals surface area contributed by atoms with Crippen LogP contribution in [0.3, 0.4) is 0 Å². The normalized spacial score (nSPS) is 11.7. The van der Waals surface area contributed by atoms with Crippen molar-refractivity contribution in [2.24, 2.45) is 0 Å². The highest BCUT2D eigenvalue weighted by Gasteiger charge is 2.11. The second-order valence-electron chi connectivity index (χ2n) is 4.08. The number of halogens is 1. The minimum Gasteiger partial charge on any atom is -0.331 e. The predicted octanol–water partition coefficient (Wildman–Crippen LogP) is 3.62. The molecule has 2 rings (SSSR count). The molecule has 0 aliphatic rings. The maximum atomic E-state index is 11.8. The van der Waals surface area contributed by atoms with E-state index in [9.17, 15) is 4.79 Å². The van der Waals surface area contributed by atoms with Gasteiger partial charge < -0.3 is 10.6 Å². The van der Waals surface area contributed by atoms with E-state index in [1.165, 1.54) is 0 Å². The average molecular weight is 276 g/mol. The molecular weight excluding hydrogens is 262 g/mol. The number of benzene rings is 1. The Morgan fingerprint density at radius 2 is 1.89 bits per heavy atom. The summed E-state index contributed by atoms with van der Waals surface area (Å²) in [4.78, 5) is 15.7. The molecule has 98 valence electrons. The van der Waals surface area contributed by atoms with Crippen molar-refractivity contribution in [2.45, 2.75) is 13.0 Å². The molecule has 0 aliphatic heterocycles. The number of nitrogens with one attached hydrogen (secondary N) is 2. The van der Waals surface area contributed by atoms with Crippen LogP contribution in [0.25, 0.3) is 0 Å². The molecule has 0 spiro atoms. The van der Waals surface area contributed by atoms with E-state index in [0.29, 0.717) is 10.7 Å².